The summed E-state index contributed by atoms with van der Waals surface area (Å²) in [4.78, 5) is 31.6. The van der Waals surface area contributed by atoms with Gasteiger partial charge in [0.15, 0.2) is 0 Å². The second kappa shape index (κ2) is 11.6. The molecular weight excluding hydrogens is 566 g/mol. The van der Waals surface area contributed by atoms with Crippen molar-refractivity contribution in [2.45, 2.75) is 58.2 Å². The summed E-state index contributed by atoms with van der Waals surface area (Å²) in [5.41, 5.74) is 4.70. The molecule has 0 bridgehead atoms. The van der Waals surface area contributed by atoms with Gasteiger partial charge in [0.2, 0.25) is 11.8 Å². The van der Waals surface area contributed by atoms with Crippen molar-refractivity contribution in [3.8, 4) is 22.8 Å². The summed E-state index contributed by atoms with van der Waals surface area (Å²) in [6.45, 7) is 6.51. The minimum absolute atomic E-state index is 0.00467. The topological polar surface area (TPSA) is 115 Å². The first-order valence-corrected chi connectivity index (χ1v) is 15.3. The third kappa shape index (κ3) is 5.57. The second-order valence-electron chi connectivity index (χ2n) is 11.9. The molecule has 5 aromatic rings. The molecule has 10 nitrogen and oxygen atoms in total. The van der Waals surface area contributed by atoms with E-state index < -0.39 is 5.76 Å². The largest absolute Gasteiger partial charge is 0.439 e. The normalized spacial score (nSPS) is 22.7. The number of nitrogens with zero attached hydrogens (tertiary/aromatic N) is 6. The molecule has 1 aliphatic carbocycles. The molecule has 2 fully saturated rings. The van der Waals surface area contributed by atoms with Crippen molar-refractivity contribution < 1.29 is 9.26 Å². The van der Waals surface area contributed by atoms with E-state index in [2.05, 4.69) is 62.7 Å². The average molecular weight is 600 g/mol. The van der Waals surface area contributed by atoms with Crippen LogP contribution in [0.5, 0.6) is 0 Å². The van der Waals surface area contributed by atoms with E-state index in [-0.39, 0.29) is 18.0 Å². The molecule has 1 aromatic carbocycles. The molecule has 2 atom stereocenters. The number of hydrogen-bond acceptors (Lipinski definition) is 8. The third-order valence-electron chi connectivity index (χ3n) is 8.75. The molecule has 11 heteroatoms. The molecular formula is C32H34ClN7O3. The highest BCUT2D eigenvalue weighted by molar-refractivity contribution is 6.30. The Kier molecular flexibility index (Phi) is 7.48. The van der Waals surface area contributed by atoms with Gasteiger partial charge in [0.05, 0.1) is 40.5 Å². The van der Waals surface area contributed by atoms with Crippen LogP contribution in [0.1, 0.15) is 51.1 Å². The molecule has 0 amide bonds. The van der Waals surface area contributed by atoms with Crippen LogP contribution in [0.3, 0.4) is 0 Å². The van der Waals surface area contributed by atoms with E-state index in [0.717, 1.165) is 35.0 Å². The minimum Gasteiger partial charge on any atom is -0.374 e. The Labute approximate surface area is 254 Å². The zero-order valence-corrected chi connectivity index (χ0v) is 25.0. The van der Waals surface area contributed by atoms with Crippen LogP contribution in [0.2, 0.25) is 5.02 Å². The Bertz CT molecular complexity index is 1790. The number of halogens is 1. The SMILES string of the molecule is C[C@@H]1CN(c2nc3cc(-c4noc(=O)[nH]4)nc(-c4cncc(Cl)c4)c3n2C[C@H]2CC[C@H](C)CC2)[C@@H](c2ccccc2)CO1. The highest BCUT2D eigenvalue weighted by atomic mass is 35.5. The van der Waals surface area contributed by atoms with Crippen LogP contribution >= 0.6 is 11.6 Å². The van der Waals surface area contributed by atoms with Crippen LogP contribution in [0.4, 0.5) is 5.95 Å². The van der Waals surface area contributed by atoms with Crippen LogP contribution in [0.15, 0.2) is 64.2 Å². The van der Waals surface area contributed by atoms with Gasteiger partial charge in [-0.2, -0.15) is 0 Å². The summed E-state index contributed by atoms with van der Waals surface area (Å²) < 4.78 is 13.4. The summed E-state index contributed by atoms with van der Waals surface area (Å²) in [6, 6.07) is 14.2. The summed E-state index contributed by atoms with van der Waals surface area (Å²) in [5.74, 6) is 1.73. The first kappa shape index (κ1) is 27.8. The molecule has 43 heavy (non-hydrogen) atoms. The van der Waals surface area contributed by atoms with Crippen molar-refractivity contribution in [1.29, 1.82) is 0 Å². The number of aromatic amines is 1. The molecule has 4 aromatic heterocycles. The lowest BCUT2D eigenvalue weighted by Gasteiger charge is -2.40. The molecule has 0 spiro atoms. The van der Waals surface area contributed by atoms with Gasteiger partial charge in [-0.25, -0.2) is 14.8 Å². The Hall–Kier alpha value is -4.02. The van der Waals surface area contributed by atoms with Gasteiger partial charge >= 0.3 is 5.76 Å². The summed E-state index contributed by atoms with van der Waals surface area (Å²) in [5, 5.41) is 4.42. The maximum atomic E-state index is 11.9. The van der Waals surface area contributed by atoms with Crippen LogP contribution in [-0.4, -0.2) is 48.9 Å². The number of benzene rings is 1. The molecule has 5 heterocycles. The standard InChI is InChI=1S/C32H34ClN7O3/c1-19-8-10-21(11-9-19)17-40-29-25(36-31(40)39-16-20(2)42-18-27(39)22-6-4-3-5-7-22)13-26(30-37-32(41)43-38-30)35-28(29)23-12-24(33)15-34-14-23/h3-7,12-15,19-21,27H,8-11,16-18H2,1-2H3,(H,37,38,41)/t19-,20-,21-,27-/m1/s1. The number of imidazole rings is 1. The van der Waals surface area contributed by atoms with Crippen LogP contribution < -0.4 is 10.7 Å². The first-order chi connectivity index (χ1) is 20.9. The van der Waals surface area contributed by atoms with E-state index in [1.165, 1.54) is 31.2 Å². The van der Waals surface area contributed by atoms with Gasteiger partial charge in [-0.3, -0.25) is 14.5 Å². The lowest BCUT2D eigenvalue weighted by molar-refractivity contribution is 0.0293. The number of morpholine rings is 1. The number of anilines is 1. The van der Waals surface area contributed by atoms with Crippen LogP contribution in [0.25, 0.3) is 33.8 Å². The highest BCUT2D eigenvalue weighted by Gasteiger charge is 2.34. The number of rotatable bonds is 6. The first-order valence-electron chi connectivity index (χ1n) is 14.9. The molecule has 0 unspecified atom stereocenters. The van der Waals surface area contributed by atoms with Crippen molar-refractivity contribution in [2.75, 3.05) is 18.1 Å². The van der Waals surface area contributed by atoms with E-state index in [1.807, 2.05) is 18.2 Å². The molecule has 1 aliphatic heterocycles. The zero-order chi connectivity index (χ0) is 29.5. The molecule has 0 radical (unpaired) electrons. The van der Waals surface area contributed by atoms with Crippen molar-refractivity contribution in [3.05, 3.63) is 76.0 Å². The van der Waals surface area contributed by atoms with Gasteiger partial charge in [-0.05, 0) is 49.3 Å². The molecule has 7 rings (SSSR count). The van der Waals surface area contributed by atoms with Gasteiger partial charge in [-0.1, -0.05) is 66.9 Å². The highest BCUT2D eigenvalue weighted by Crippen LogP contribution is 2.39. The lowest BCUT2D eigenvalue weighted by atomic mass is 9.83. The number of pyridine rings is 2. The van der Waals surface area contributed by atoms with Crippen LogP contribution in [0, 0.1) is 11.8 Å². The Morgan fingerprint density at radius 2 is 1.86 bits per heavy atom. The molecule has 2 aliphatic rings. The number of hydrogen-bond donors (Lipinski definition) is 1. The van der Waals surface area contributed by atoms with Gasteiger partial charge < -0.3 is 14.2 Å². The fraction of sp³-hybridized carbons (Fsp3) is 0.406. The van der Waals surface area contributed by atoms with E-state index in [0.29, 0.717) is 35.5 Å². The smallest absolute Gasteiger partial charge is 0.374 e. The predicted molar refractivity (Wildman–Crippen MR) is 165 cm³/mol. The maximum absolute atomic E-state index is 11.9. The number of nitrogens with one attached hydrogen (secondary N) is 1. The Morgan fingerprint density at radius 1 is 1.05 bits per heavy atom. The number of ether oxygens (including phenoxy) is 1. The number of H-pyrrole nitrogens is 1. The minimum atomic E-state index is -0.645. The quantitative estimate of drug-likeness (QED) is 0.242. The average Bonchev–Trinajstić information content (AvgIpc) is 3.61. The van der Waals surface area contributed by atoms with E-state index in [4.69, 9.17) is 30.8 Å². The molecule has 1 saturated heterocycles. The van der Waals surface area contributed by atoms with E-state index in [1.54, 1.807) is 12.4 Å². The fourth-order valence-electron chi connectivity index (χ4n) is 6.49. The molecule has 1 N–H and O–H groups in total. The summed E-state index contributed by atoms with van der Waals surface area (Å²) >= 11 is 6.44. The lowest BCUT2D eigenvalue weighted by Crippen LogP contribution is -2.45. The van der Waals surface area contributed by atoms with Gasteiger partial charge in [0, 0.05) is 31.0 Å². The van der Waals surface area contributed by atoms with Crippen molar-refractivity contribution in [2.24, 2.45) is 11.8 Å². The Morgan fingerprint density at radius 3 is 2.60 bits per heavy atom. The fourth-order valence-corrected chi connectivity index (χ4v) is 6.66. The maximum Gasteiger partial charge on any atom is 0.439 e. The van der Waals surface area contributed by atoms with Crippen LogP contribution in [-0.2, 0) is 11.3 Å². The third-order valence-corrected chi connectivity index (χ3v) is 8.96. The predicted octanol–water partition coefficient (Wildman–Crippen LogP) is 6.28. The second-order valence-corrected chi connectivity index (χ2v) is 12.4. The summed E-state index contributed by atoms with van der Waals surface area (Å²) in [7, 11) is 0. The van der Waals surface area contributed by atoms with Gasteiger partial charge in [0.1, 0.15) is 5.69 Å². The molecule has 1 saturated carbocycles. The van der Waals surface area contributed by atoms with E-state index in [9.17, 15) is 4.79 Å². The van der Waals surface area contributed by atoms with Crippen molar-refractivity contribution >= 4 is 28.6 Å². The summed E-state index contributed by atoms with van der Waals surface area (Å²) in [6.07, 6.45) is 8.18. The monoisotopic (exact) mass is 599 g/mol. The van der Waals surface area contributed by atoms with E-state index >= 15 is 0 Å². The Balaban J connectivity index is 1.46. The van der Waals surface area contributed by atoms with Crippen molar-refractivity contribution in [3.63, 3.8) is 0 Å². The van der Waals surface area contributed by atoms with Gasteiger partial charge in [-0.15, -0.1) is 0 Å². The number of aromatic nitrogens is 6. The van der Waals surface area contributed by atoms with Gasteiger partial charge in [0.25, 0.3) is 0 Å². The van der Waals surface area contributed by atoms with Crippen molar-refractivity contribution in [1.82, 2.24) is 29.7 Å². The zero-order valence-electron chi connectivity index (χ0n) is 24.2. The molecule has 222 valence electrons. The number of fused-ring (bicyclic) bond motifs is 1.